The van der Waals surface area contributed by atoms with E-state index < -0.39 is 5.25 Å². The number of anilines is 2. The van der Waals surface area contributed by atoms with Gasteiger partial charge in [-0.05, 0) is 43.3 Å². The SMILES string of the molecule is CC(=O)Nc1ccc(NC(=O)[C@H](C)Sc2nnc(-c3cccnc3)o2)cc1. The van der Waals surface area contributed by atoms with Crippen molar-refractivity contribution in [3.63, 3.8) is 0 Å². The molecule has 2 heterocycles. The van der Waals surface area contributed by atoms with Crippen LogP contribution in [0.25, 0.3) is 11.5 Å². The number of hydrogen-bond donors (Lipinski definition) is 2. The Morgan fingerprint density at radius 2 is 1.78 bits per heavy atom. The molecule has 0 aliphatic heterocycles. The summed E-state index contributed by atoms with van der Waals surface area (Å²) in [7, 11) is 0. The van der Waals surface area contributed by atoms with Crippen molar-refractivity contribution in [2.75, 3.05) is 10.6 Å². The third kappa shape index (κ3) is 5.14. The Hall–Kier alpha value is -3.20. The van der Waals surface area contributed by atoms with Crippen LogP contribution in [0.1, 0.15) is 13.8 Å². The van der Waals surface area contributed by atoms with Crippen LogP contribution in [0, 0.1) is 0 Å². The van der Waals surface area contributed by atoms with Crippen molar-refractivity contribution >= 4 is 35.0 Å². The molecule has 3 aromatic rings. The average molecular weight is 383 g/mol. The quantitative estimate of drug-likeness (QED) is 0.629. The van der Waals surface area contributed by atoms with Gasteiger partial charge in [0.1, 0.15) is 0 Å². The molecule has 9 heteroatoms. The normalized spacial score (nSPS) is 11.6. The highest BCUT2D eigenvalue weighted by atomic mass is 32.2. The number of amides is 2. The van der Waals surface area contributed by atoms with Gasteiger partial charge in [0.25, 0.3) is 5.22 Å². The highest BCUT2D eigenvalue weighted by molar-refractivity contribution is 8.00. The molecule has 2 aromatic heterocycles. The Kier molecular flexibility index (Phi) is 5.82. The third-order valence-corrected chi connectivity index (χ3v) is 4.37. The van der Waals surface area contributed by atoms with Gasteiger partial charge in [-0.2, -0.15) is 0 Å². The molecule has 2 N–H and O–H groups in total. The Labute approximate surface area is 159 Å². The lowest BCUT2D eigenvalue weighted by Crippen LogP contribution is -2.22. The molecule has 27 heavy (non-hydrogen) atoms. The molecular weight excluding hydrogens is 366 g/mol. The van der Waals surface area contributed by atoms with Gasteiger partial charge < -0.3 is 15.1 Å². The first-order valence-electron chi connectivity index (χ1n) is 8.10. The minimum atomic E-state index is -0.442. The minimum Gasteiger partial charge on any atom is -0.411 e. The summed E-state index contributed by atoms with van der Waals surface area (Å²) in [4.78, 5) is 27.4. The molecule has 0 fully saturated rings. The van der Waals surface area contributed by atoms with Gasteiger partial charge in [-0.1, -0.05) is 11.8 Å². The number of thioether (sulfide) groups is 1. The van der Waals surface area contributed by atoms with Crippen LogP contribution in [0.3, 0.4) is 0 Å². The predicted octanol–water partition coefficient (Wildman–Crippen LogP) is 3.21. The van der Waals surface area contributed by atoms with E-state index in [1.165, 1.54) is 18.7 Å². The minimum absolute atomic E-state index is 0.151. The number of benzene rings is 1. The van der Waals surface area contributed by atoms with Crippen LogP contribution in [0.5, 0.6) is 0 Å². The maximum Gasteiger partial charge on any atom is 0.277 e. The summed E-state index contributed by atoms with van der Waals surface area (Å²) < 4.78 is 5.57. The van der Waals surface area contributed by atoms with Crippen LogP contribution in [0.4, 0.5) is 11.4 Å². The van der Waals surface area contributed by atoms with Gasteiger partial charge in [0.15, 0.2) is 0 Å². The molecule has 1 aromatic carbocycles. The summed E-state index contributed by atoms with van der Waals surface area (Å²) in [5, 5.41) is 13.3. The van der Waals surface area contributed by atoms with Crippen molar-refractivity contribution < 1.29 is 14.0 Å². The Morgan fingerprint density at radius 3 is 2.41 bits per heavy atom. The predicted molar refractivity (Wildman–Crippen MR) is 102 cm³/mol. The van der Waals surface area contributed by atoms with Crippen molar-refractivity contribution in [1.82, 2.24) is 15.2 Å². The van der Waals surface area contributed by atoms with Crippen molar-refractivity contribution in [3.05, 3.63) is 48.8 Å². The Bertz CT molecular complexity index is 928. The number of hydrogen-bond acceptors (Lipinski definition) is 7. The lowest BCUT2D eigenvalue weighted by Gasteiger charge is -2.10. The molecule has 1 atom stereocenters. The summed E-state index contributed by atoms with van der Waals surface area (Å²) in [6.45, 7) is 3.19. The molecule has 0 aliphatic rings. The topological polar surface area (TPSA) is 110 Å². The Morgan fingerprint density at radius 1 is 1.07 bits per heavy atom. The highest BCUT2D eigenvalue weighted by Gasteiger charge is 2.19. The van der Waals surface area contributed by atoms with E-state index in [1.54, 1.807) is 49.6 Å². The molecule has 0 unspecified atom stereocenters. The molecular formula is C18H17N5O3S. The van der Waals surface area contributed by atoms with Crippen molar-refractivity contribution in [2.24, 2.45) is 0 Å². The monoisotopic (exact) mass is 383 g/mol. The van der Waals surface area contributed by atoms with Crippen molar-refractivity contribution in [3.8, 4) is 11.5 Å². The molecule has 0 saturated heterocycles. The first-order chi connectivity index (χ1) is 13.0. The smallest absolute Gasteiger partial charge is 0.277 e. The number of carbonyl (C=O) groups is 2. The second kappa shape index (κ2) is 8.45. The average Bonchev–Trinajstić information content (AvgIpc) is 3.12. The third-order valence-electron chi connectivity index (χ3n) is 3.43. The zero-order valence-corrected chi connectivity index (χ0v) is 15.5. The van der Waals surface area contributed by atoms with Gasteiger partial charge in [0, 0.05) is 30.7 Å². The zero-order valence-electron chi connectivity index (χ0n) is 14.7. The molecule has 0 spiro atoms. The number of nitrogens with zero attached hydrogens (tertiary/aromatic N) is 3. The van der Waals surface area contributed by atoms with Crippen LogP contribution in [0.15, 0.2) is 58.4 Å². The first-order valence-corrected chi connectivity index (χ1v) is 8.98. The largest absolute Gasteiger partial charge is 0.411 e. The van der Waals surface area contributed by atoms with Gasteiger partial charge in [-0.25, -0.2) is 0 Å². The number of rotatable bonds is 6. The van der Waals surface area contributed by atoms with Crippen molar-refractivity contribution in [1.29, 1.82) is 0 Å². The number of nitrogens with one attached hydrogen (secondary N) is 2. The van der Waals surface area contributed by atoms with Crippen LogP contribution in [-0.4, -0.2) is 32.2 Å². The number of carbonyl (C=O) groups excluding carboxylic acids is 2. The molecule has 138 valence electrons. The van der Waals surface area contributed by atoms with E-state index in [1.807, 2.05) is 6.07 Å². The van der Waals surface area contributed by atoms with Gasteiger partial charge >= 0.3 is 0 Å². The second-order valence-electron chi connectivity index (χ2n) is 5.62. The van der Waals surface area contributed by atoms with Gasteiger partial charge in [0.2, 0.25) is 17.7 Å². The molecule has 0 bridgehead atoms. The highest BCUT2D eigenvalue weighted by Crippen LogP contribution is 2.26. The fourth-order valence-electron chi connectivity index (χ4n) is 2.15. The van der Waals surface area contributed by atoms with E-state index in [0.29, 0.717) is 28.1 Å². The zero-order chi connectivity index (χ0) is 19.2. The van der Waals surface area contributed by atoms with Crippen LogP contribution < -0.4 is 10.6 Å². The van der Waals surface area contributed by atoms with E-state index in [9.17, 15) is 9.59 Å². The number of aromatic nitrogens is 3. The summed E-state index contributed by atoms with van der Waals surface area (Å²) in [6.07, 6.45) is 3.29. The van der Waals surface area contributed by atoms with E-state index in [0.717, 1.165) is 0 Å². The lowest BCUT2D eigenvalue weighted by atomic mass is 10.2. The van der Waals surface area contributed by atoms with E-state index in [-0.39, 0.29) is 11.8 Å². The fourth-order valence-corrected chi connectivity index (χ4v) is 2.84. The van der Waals surface area contributed by atoms with E-state index >= 15 is 0 Å². The molecule has 0 saturated carbocycles. The number of pyridine rings is 1. The van der Waals surface area contributed by atoms with Crippen LogP contribution in [-0.2, 0) is 9.59 Å². The molecule has 0 radical (unpaired) electrons. The van der Waals surface area contributed by atoms with E-state index in [2.05, 4.69) is 25.8 Å². The van der Waals surface area contributed by atoms with Gasteiger partial charge in [0.05, 0.1) is 10.8 Å². The van der Waals surface area contributed by atoms with Crippen LogP contribution >= 0.6 is 11.8 Å². The van der Waals surface area contributed by atoms with Crippen LogP contribution in [0.2, 0.25) is 0 Å². The summed E-state index contributed by atoms with van der Waals surface area (Å²) in [5.41, 5.74) is 2.01. The maximum absolute atomic E-state index is 12.4. The lowest BCUT2D eigenvalue weighted by molar-refractivity contribution is -0.115. The molecule has 0 aliphatic carbocycles. The maximum atomic E-state index is 12.4. The molecule has 2 amide bonds. The fraction of sp³-hybridized carbons (Fsp3) is 0.167. The standard InChI is InChI=1S/C18H17N5O3S/c1-11(16(25)21-15-7-5-14(6-8-15)20-12(2)24)27-18-23-22-17(26-18)13-4-3-9-19-10-13/h3-11H,1-2H3,(H,20,24)(H,21,25)/t11-/m0/s1. The Balaban J connectivity index is 1.58. The van der Waals surface area contributed by atoms with E-state index in [4.69, 9.17) is 4.42 Å². The summed E-state index contributed by atoms with van der Waals surface area (Å²) >= 11 is 1.17. The van der Waals surface area contributed by atoms with Gasteiger partial charge in [-0.15, -0.1) is 10.2 Å². The summed E-state index contributed by atoms with van der Waals surface area (Å²) in [6, 6.07) is 10.5. The first kappa shape index (κ1) is 18.6. The summed E-state index contributed by atoms with van der Waals surface area (Å²) in [5.74, 6) is 0.00203. The van der Waals surface area contributed by atoms with Crippen molar-refractivity contribution in [2.45, 2.75) is 24.3 Å². The van der Waals surface area contributed by atoms with Gasteiger partial charge in [-0.3, -0.25) is 14.6 Å². The second-order valence-corrected chi connectivity index (χ2v) is 6.91. The molecule has 3 rings (SSSR count). The molecule has 8 nitrogen and oxygen atoms in total.